The number of aromatic nitrogens is 4. The van der Waals surface area contributed by atoms with Crippen LogP contribution in [0, 0.1) is 0 Å². The van der Waals surface area contributed by atoms with Crippen molar-refractivity contribution in [3.05, 3.63) is 29.8 Å². The van der Waals surface area contributed by atoms with Crippen LogP contribution in [0.3, 0.4) is 0 Å². The summed E-state index contributed by atoms with van der Waals surface area (Å²) < 4.78 is 30.4. The van der Waals surface area contributed by atoms with Crippen LogP contribution in [0.1, 0.15) is 11.7 Å². The molecule has 1 aliphatic heterocycles. The van der Waals surface area contributed by atoms with Gasteiger partial charge in [0.2, 0.25) is 5.95 Å². The van der Waals surface area contributed by atoms with Crippen molar-refractivity contribution in [1.29, 1.82) is 0 Å². The third-order valence-electron chi connectivity index (χ3n) is 3.63. The average molecular weight is 323 g/mol. The van der Waals surface area contributed by atoms with Crippen molar-refractivity contribution in [2.75, 3.05) is 30.9 Å². The summed E-state index contributed by atoms with van der Waals surface area (Å²) in [6, 6.07) is 6.80. The fourth-order valence-corrected chi connectivity index (χ4v) is 3.09. The van der Waals surface area contributed by atoms with Crippen LogP contribution in [0.15, 0.2) is 29.2 Å². The monoisotopic (exact) mass is 323 g/mol. The topological polar surface area (TPSA) is 90.2 Å². The second kappa shape index (κ2) is 5.65. The molecule has 0 radical (unpaired) electrons. The van der Waals surface area contributed by atoms with Gasteiger partial charge in [-0.05, 0) is 28.1 Å². The zero-order chi connectivity index (χ0) is 15.7. The molecule has 0 bridgehead atoms. The second-order valence-electron chi connectivity index (χ2n) is 5.25. The Morgan fingerprint density at radius 2 is 2.00 bits per heavy atom. The summed E-state index contributed by atoms with van der Waals surface area (Å²) in [6.45, 7) is 1.89. The summed E-state index contributed by atoms with van der Waals surface area (Å²) >= 11 is 0. The lowest BCUT2D eigenvalue weighted by Gasteiger charge is -2.33. The van der Waals surface area contributed by atoms with E-state index in [-0.39, 0.29) is 6.10 Å². The largest absolute Gasteiger partial charge is 0.370 e. The number of rotatable bonds is 3. The number of hydrogen-bond acceptors (Lipinski definition) is 7. The third-order valence-corrected chi connectivity index (χ3v) is 4.76. The first-order valence-corrected chi connectivity index (χ1v) is 8.73. The number of sulfone groups is 1. The van der Waals surface area contributed by atoms with Crippen LogP contribution in [0.4, 0.5) is 5.95 Å². The summed E-state index contributed by atoms with van der Waals surface area (Å²) in [4.78, 5) is 2.36. The molecule has 1 aromatic heterocycles. The number of nitrogens with zero attached hydrogens (tertiary/aromatic N) is 5. The molecule has 1 atom stereocenters. The van der Waals surface area contributed by atoms with E-state index in [0.29, 0.717) is 30.5 Å². The molecule has 2 heterocycles. The first-order valence-electron chi connectivity index (χ1n) is 6.84. The number of ether oxygens (including phenoxy) is 1. The van der Waals surface area contributed by atoms with E-state index in [1.54, 1.807) is 36.0 Å². The summed E-state index contributed by atoms with van der Waals surface area (Å²) in [6.07, 6.45) is 1.06. The van der Waals surface area contributed by atoms with Gasteiger partial charge in [-0.1, -0.05) is 17.2 Å². The Balaban J connectivity index is 1.79. The van der Waals surface area contributed by atoms with Gasteiger partial charge in [0.1, 0.15) is 6.10 Å². The fourth-order valence-electron chi connectivity index (χ4n) is 2.45. The first kappa shape index (κ1) is 14.9. The van der Waals surface area contributed by atoms with Crippen molar-refractivity contribution in [2.45, 2.75) is 11.0 Å². The predicted octanol–water partition coefficient (Wildman–Crippen LogP) is 0.191. The van der Waals surface area contributed by atoms with E-state index in [2.05, 4.69) is 20.4 Å². The highest BCUT2D eigenvalue weighted by Gasteiger charge is 2.25. The Hall–Kier alpha value is -2.00. The van der Waals surface area contributed by atoms with Crippen LogP contribution in [0.5, 0.6) is 0 Å². The van der Waals surface area contributed by atoms with E-state index < -0.39 is 9.84 Å². The van der Waals surface area contributed by atoms with Gasteiger partial charge in [-0.25, -0.2) is 13.1 Å². The van der Waals surface area contributed by atoms with Gasteiger partial charge in [-0.2, -0.15) is 0 Å². The third kappa shape index (κ3) is 2.95. The molecule has 1 saturated heterocycles. The van der Waals surface area contributed by atoms with Crippen LogP contribution < -0.4 is 4.90 Å². The molecule has 1 fully saturated rings. The minimum Gasteiger partial charge on any atom is -0.370 e. The molecule has 118 valence electrons. The van der Waals surface area contributed by atoms with Crippen LogP contribution in [0.25, 0.3) is 0 Å². The minimum absolute atomic E-state index is 0.140. The molecule has 0 amide bonds. The lowest BCUT2D eigenvalue weighted by molar-refractivity contribution is 0.0389. The van der Waals surface area contributed by atoms with Gasteiger partial charge >= 0.3 is 0 Å². The van der Waals surface area contributed by atoms with Crippen molar-refractivity contribution < 1.29 is 13.2 Å². The van der Waals surface area contributed by atoms with Gasteiger partial charge in [0.15, 0.2) is 9.84 Å². The van der Waals surface area contributed by atoms with E-state index in [9.17, 15) is 8.42 Å². The van der Waals surface area contributed by atoms with Crippen LogP contribution in [-0.4, -0.2) is 54.6 Å². The Labute approximate surface area is 128 Å². The van der Waals surface area contributed by atoms with Gasteiger partial charge < -0.3 is 9.64 Å². The van der Waals surface area contributed by atoms with Crippen LogP contribution >= 0.6 is 0 Å². The summed E-state index contributed by atoms with van der Waals surface area (Å²) in [5.41, 5.74) is 0.937. The Morgan fingerprint density at radius 3 is 2.59 bits per heavy atom. The maximum Gasteiger partial charge on any atom is 0.245 e. The summed E-state index contributed by atoms with van der Waals surface area (Å²) in [7, 11) is -1.39. The maximum atomic E-state index is 11.5. The minimum atomic E-state index is -3.18. The fraction of sp³-hybridized carbons (Fsp3) is 0.462. The van der Waals surface area contributed by atoms with Gasteiger partial charge in [0.05, 0.1) is 18.0 Å². The first-order chi connectivity index (χ1) is 10.4. The van der Waals surface area contributed by atoms with E-state index in [0.717, 1.165) is 5.56 Å². The van der Waals surface area contributed by atoms with E-state index in [4.69, 9.17) is 4.74 Å². The molecule has 2 aromatic rings. The molecule has 1 aromatic carbocycles. The molecule has 8 nitrogen and oxygen atoms in total. The predicted molar refractivity (Wildman–Crippen MR) is 79.3 cm³/mol. The number of morpholine rings is 1. The Morgan fingerprint density at radius 1 is 1.27 bits per heavy atom. The molecular weight excluding hydrogens is 306 g/mol. The molecule has 9 heteroatoms. The van der Waals surface area contributed by atoms with Gasteiger partial charge in [-0.3, -0.25) is 0 Å². The smallest absolute Gasteiger partial charge is 0.245 e. The highest BCUT2D eigenvalue weighted by atomic mass is 32.2. The quantitative estimate of drug-likeness (QED) is 0.796. The van der Waals surface area contributed by atoms with Crippen molar-refractivity contribution >= 4 is 15.8 Å². The number of tetrazole rings is 1. The molecule has 0 aliphatic carbocycles. The van der Waals surface area contributed by atoms with Gasteiger partial charge in [0, 0.05) is 19.8 Å². The van der Waals surface area contributed by atoms with Crippen LogP contribution in [0.2, 0.25) is 0 Å². The second-order valence-corrected chi connectivity index (χ2v) is 7.26. The summed E-state index contributed by atoms with van der Waals surface area (Å²) in [5, 5.41) is 11.5. The lowest BCUT2D eigenvalue weighted by Crippen LogP contribution is -2.39. The van der Waals surface area contributed by atoms with E-state index >= 15 is 0 Å². The highest BCUT2D eigenvalue weighted by molar-refractivity contribution is 7.90. The number of anilines is 1. The molecule has 1 aliphatic rings. The number of benzene rings is 1. The maximum absolute atomic E-state index is 11.5. The Kier molecular flexibility index (Phi) is 3.83. The standard InChI is InChI=1S/C13H17N5O3S/c1-17-13(14-15-16-17)18-7-8-21-12(9-18)10-3-5-11(6-4-10)22(2,19)20/h3-6,12H,7-9H2,1-2H3. The normalized spacial score (nSPS) is 19.4. The zero-order valence-electron chi connectivity index (χ0n) is 12.4. The lowest BCUT2D eigenvalue weighted by atomic mass is 10.1. The molecule has 0 spiro atoms. The molecule has 0 N–H and O–H groups in total. The highest BCUT2D eigenvalue weighted by Crippen LogP contribution is 2.25. The molecule has 0 saturated carbocycles. The van der Waals surface area contributed by atoms with Gasteiger partial charge in [-0.15, -0.1) is 0 Å². The van der Waals surface area contributed by atoms with Crippen molar-refractivity contribution in [1.82, 2.24) is 20.2 Å². The Bertz CT molecular complexity index is 756. The SMILES string of the molecule is Cn1nnnc1N1CCOC(c2ccc(S(C)(=O)=O)cc2)C1. The molecule has 1 unspecified atom stereocenters. The van der Waals surface area contributed by atoms with Gasteiger partial charge in [0.25, 0.3) is 0 Å². The molecular formula is C13H17N5O3S. The number of hydrogen-bond donors (Lipinski definition) is 0. The van der Waals surface area contributed by atoms with Crippen LogP contribution in [-0.2, 0) is 21.6 Å². The zero-order valence-corrected chi connectivity index (χ0v) is 13.2. The number of aryl methyl sites for hydroxylation is 1. The molecule has 3 rings (SSSR count). The average Bonchev–Trinajstić information content (AvgIpc) is 2.93. The molecule has 22 heavy (non-hydrogen) atoms. The van der Waals surface area contributed by atoms with Crippen molar-refractivity contribution in [2.24, 2.45) is 7.05 Å². The van der Waals surface area contributed by atoms with E-state index in [1.165, 1.54) is 6.26 Å². The van der Waals surface area contributed by atoms with Crippen molar-refractivity contribution in [3.63, 3.8) is 0 Å². The van der Waals surface area contributed by atoms with Crippen molar-refractivity contribution in [3.8, 4) is 0 Å². The van der Waals surface area contributed by atoms with E-state index in [1.807, 2.05) is 0 Å². The summed E-state index contributed by atoms with van der Waals surface area (Å²) in [5.74, 6) is 0.695.